The van der Waals surface area contributed by atoms with Crippen molar-refractivity contribution in [1.29, 1.82) is 0 Å². The average molecular weight is 595 g/mol. The molecule has 4 aliphatic heterocycles. The first-order valence-electron chi connectivity index (χ1n) is 14.7. The molecule has 2 saturated heterocycles. The van der Waals surface area contributed by atoms with Crippen molar-refractivity contribution >= 4 is 46.0 Å². The molecular weight excluding hydrogens is 564 g/mol. The number of carbonyl (C=O) groups is 2. The first-order chi connectivity index (χ1) is 20.5. The van der Waals surface area contributed by atoms with Crippen LogP contribution in [0, 0.1) is 0 Å². The van der Waals surface area contributed by atoms with Gasteiger partial charge in [-0.3, -0.25) is 19.4 Å². The lowest BCUT2D eigenvalue weighted by Crippen LogP contribution is -2.62. The fourth-order valence-electron chi connectivity index (χ4n) is 8.13. The third-order valence-electron chi connectivity index (χ3n) is 9.88. The van der Waals surface area contributed by atoms with Gasteiger partial charge in [-0.15, -0.1) is 0 Å². The summed E-state index contributed by atoms with van der Waals surface area (Å²) in [5.74, 6) is -0.486. The van der Waals surface area contributed by atoms with Crippen LogP contribution in [-0.2, 0) is 15.1 Å². The number of nitrogens with zero attached hydrogens (tertiary/aromatic N) is 3. The molecule has 8 rings (SSSR count). The first kappa shape index (κ1) is 26.3. The van der Waals surface area contributed by atoms with Gasteiger partial charge < -0.3 is 5.32 Å². The number of allylic oxidation sites excluding steroid dienone is 1. The zero-order valence-electron chi connectivity index (χ0n) is 23.3. The summed E-state index contributed by atoms with van der Waals surface area (Å²) in [6.07, 6.45) is 5.17. The van der Waals surface area contributed by atoms with Gasteiger partial charge in [0.15, 0.2) is 10.7 Å². The van der Waals surface area contributed by atoms with E-state index in [0.717, 1.165) is 60.2 Å². The number of carbonyl (C=O) groups excluding carboxylic acids is 2. The number of amidine groups is 1. The molecule has 1 N–H and O–H groups in total. The van der Waals surface area contributed by atoms with Gasteiger partial charge in [0.2, 0.25) is 5.91 Å². The summed E-state index contributed by atoms with van der Waals surface area (Å²) in [5.41, 5.74) is 4.84. The molecule has 4 atom stereocenters. The number of hydrogen-bond donors (Lipinski definition) is 1. The van der Waals surface area contributed by atoms with Crippen molar-refractivity contribution in [2.24, 2.45) is 4.99 Å². The van der Waals surface area contributed by atoms with Crippen LogP contribution in [0.3, 0.4) is 0 Å². The van der Waals surface area contributed by atoms with E-state index in [2.05, 4.69) is 22.3 Å². The number of thioether (sulfide) groups is 1. The Labute approximate surface area is 254 Å². The highest BCUT2D eigenvalue weighted by atomic mass is 35.5. The molecule has 3 aromatic carbocycles. The fourth-order valence-corrected chi connectivity index (χ4v) is 10.0. The highest BCUT2D eigenvalue weighted by Crippen LogP contribution is 2.67. The number of aliphatic imine (C=N–C) groups is 1. The predicted molar refractivity (Wildman–Crippen MR) is 167 cm³/mol. The molecule has 3 aromatic rings. The Morgan fingerprint density at radius 2 is 1.64 bits per heavy atom. The van der Waals surface area contributed by atoms with Crippen molar-refractivity contribution < 1.29 is 9.59 Å². The molecule has 4 heterocycles. The van der Waals surface area contributed by atoms with Gasteiger partial charge in [0, 0.05) is 34.4 Å². The molecule has 8 heteroatoms. The van der Waals surface area contributed by atoms with Crippen LogP contribution >= 0.6 is 23.4 Å². The normalized spacial score (nSPS) is 30.3. The summed E-state index contributed by atoms with van der Waals surface area (Å²) in [6.45, 7) is 0.534. The number of amides is 2. The number of fused-ring (bicyclic) bond motifs is 4. The van der Waals surface area contributed by atoms with Crippen molar-refractivity contribution in [3.05, 3.63) is 112 Å². The van der Waals surface area contributed by atoms with Crippen LogP contribution in [0.2, 0.25) is 5.02 Å². The quantitative estimate of drug-likeness (QED) is 0.352. The lowest BCUT2D eigenvalue weighted by Gasteiger charge is -2.42. The van der Waals surface area contributed by atoms with E-state index in [0.29, 0.717) is 16.7 Å². The largest absolute Gasteiger partial charge is 0.324 e. The highest BCUT2D eigenvalue weighted by molar-refractivity contribution is 8.16. The number of hydrogen-bond acceptors (Lipinski definition) is 5. The van der Waals surface area contributed by atoms with E-state index < -0.39 is 10.3 Å². The van der Waals surface area contributed by atoms with E-state index in [1.165, 1.54) is 17.3 Å². The predicted octanol–water partition coefficient (Wildman–Crippen LogP) is 6.86. The maximum absolute atomic E-state index is 15.6. The number of halogens is 1. The Morgan fingerprint density at radius 3 is 2.45 bits per heavy atom. The molecule has 0 aromatic heterocycles. The van der Waals surface area contributed by atoms with Crippen LogP contribution in [0.1, 0.15) is 60.8 Å². The molecule has 4 unspecified atom stereocenters. The molecule has 0 bridgehead atoms. The third kappa shape index (κ3) is 3.36. The zero-order valence-corrected chi connectivity index (χ0v) is 24.9. The Hall–Kier alpha value is -3.39. The van der Waals surface area contributed by atoms with Crippen molar-refractivity contribution in [2.45, 2.75) is 54.3 Å². The Kier molecular flexibility index (Phi) is 5.98. The lowest BCUT2D eigenvalue weighted by molar-refractivity contribution is -0.139. The summed E-state index contributed by atoms with van der Waals surface area (Å²) >= 11 is 7.83. The van der Waals surface area contributed by atoms with Crippen LogP contribution in [0.15, 0.2) is 95.1 Å². The summed E-state index contributed by atoms with van der Waals surface area (Å²) in [5, 5.41) is 4.51. The van der Waals surface area contributed by atoms with E-state index in [9.17, 15) is 4.79 Å². The summed E-state index contributed by atoms with van der Waals surface area (Å²) in [6, 6.07) is 25.7. The number of nitrogens with one attached hydrogen (secondary N) is 1. The van der Waals surface area contributed by atoms with Gasteiger partial charge in [0.05, 0.1) is 6.04 Å². The number of para-hydroxylation sites is 1. The fraction of sp³-hybridized carbons (Fsp3) is 0.324. The molecule has 6 nitrogen and oxygen atoms in total. The van der Waals surface area contributed by atoms with Crippen molar-refractivity contribution in [3.8, 4) is 0 Å². The molecule has 0 radical (unpaired) electrons. The minimum atomic E-state index is -1.21. The van der Waals surface area contributed by atoms with Crippen LogP contribution < -0.4 is 5.32 Å². The number of likely N-dealkylation sites (N-methyl/N-ethyl adjacent to an activating group) is 1. The SMILES string of the molecule is CN1CC(c2ccc(Cl)cc2)C2(SC3=NC4=C(CCCCC4)C(c4ccccc4)N3C2=O)C12C(=O)Nc1ccccc12. The smallest absolute Gasteiger partial charge is 0.251 e. The zero-order chi connectivity index (χ0) is 28.6. The van der Waals surface area contributed by atoms with Crippen LogP contribution in [0.25, 0.3) is 0 Å². The summed E-state index contributed by atoms with van der Waals surface area (Å²) < 4.78 is -1.18. The van der Waals surface area contributed by atoms with Crippen LogP contribution in [0.5, 0.6) is 0 Å². The van der Waals surface area contributed by atoms with Crippen molar-refractivity contribution in [2.75, 3.05) is 18.9 Å². The number of benzene rings is 3. The van der Waals surface area contributed by atoms with Gasteiger partial charge in [0.1, 0.15) is 4.75 Å². The number of anilines is 1. The minimum absolute atomic E-state index is 0.0490. The number of likely N-dealkylation sites (tertiary alicyclic amines) is 1. The standard InChI is InChI=1S/C34H31ClN4O2S/c1-38-20-26(21-16-18-23(35)19-17-21)34(33(38)25-13-8-9-15-28(25)36-30(33)40)31(41)39-29(22-10-4-2-5-11-22)24-12-6-3-7-14-27(24)37-32(39)42-34/h2,4-5,8-11,13,15-19,26,29H,3,6-7,12,14,20H2,1H3,(H,36,40). The molecule has 42 heavy (non-hydrogen) atoms. The second-order valence-electron chi connectivity index (χ2n) is 11.9. The average Bonchev–Trinajstić information content (AvgIpc) is 3.47. The maximum Gasteiger partial charge on any atom is 0.251 e. The molecule has 2 amide bonds. The highest BCUT2D eigenvalue weighted by Gasteiger charge is 2.78. The topological polar surface area (TPSA) is 65.0 Å². The van der Waals surface area contributed by atoms with Crippen LogP contribution in [-0.4, -0.2) is 45.1 Å². The Morgan fingerprint density at radius 1 is 0.905 bits per heavy atom. The van der Waals surface area contributed by atoms with Gasteiger partial charge in [-0.25, -0.2) is 4.99 Å². The first-order valence-corrected chi connectivity index (χ1v) is 15.9. The van der Waals surface area contributed by atoms with Gasteiger partial charge in [-0.2, -0.15) is 0 Å². The Balaban J connectivity index is 1.39. The third-order valence-corrected chi connectivity index (χ3v) is 11.7. The van der Waals surface area contributed by atoms with E-state index in [-0.39, 0.29) is 23.8 Å². The van der Waals surface area contributed by atoms with E-state index in [1.54, 1.807) is 0 Å². The second kappa shape index (κ2) is 9.56. The molecule has 5 aliphatic rings. The van der Waals surface area contributed by atoms with Crippen LogP contribution in [0.4, 0.5) is 5.69 Å². The maximum atomic E-state index is 15.6. The van der Waals surface area contributed by atoms with E-state index >= 15 is 4.79 Å². The van der Waals surface area contributed by atoms with Gasteiger partial charge in [-0.1, -0.05) is 90.4 Å². The van der Waals surface area contributed by atoms with E-state index in [1.807, 2.05) is 78.7 Å². The monoisotopic (exact) mass is 594 g/mol. The molecular formula is C34H31ClN4O2S. The summed E-state index contributed by atoms with van der Waals surface area (Å²) in [7, 11) is 1.98. The van der Waals surface area contributed by atoms with Gasteiger partial charge in [0.25, 0.3) is 5.91 Å². The molecule has 1 aliphatic carbocycles. The molecule has 0 saturated carbocycles. The van der Waals surface area contributed by atoms with E-state index in [4.69, 9.17) is 16.6 Å². The van der Waals surface area contributed by atoms with Crippen molar-refractivity contribution in [3.63, 3.8) is 0 Å². The molecule has 2 spiro atoms. The molecule has 212 valence electrons. The Bertz CT molecular complexity index is 1690. The number of rotatable bonds is 2. The van der Waals surface area contributed by atoms with Crippen molar-refractivity contribution in [1.82, 2.24) is 9.80 Å². The van der Waals surface area contributed by atoms with Gasteiger partial charge >= 0.3 is 0 Å². The minimum Gasteiger partial charge on any atom is -0.324 e. The van der Waals surface area contributed by atoms with Gasteiger partial charge in [-0.05, 0) is 67.6 Å². The lowest BCUT2D eigenvalue weighted by atomic mass is 9.71. The second-order valence-corrected chi connectivity index (χ2v) is 13.6. The summed E-state index contributed by atoms with van der Waals surface area (Å²) in [4.78, 5) is 39.4. The molecule has 2 fully saturated rings.